The summed E-state index contributed by atoms with van der Waals surface area (Å²) in [6.07, 6.45) is 0.295. The van der Waals surface area contributed by atoms with Crippen molar-refractivity contribution in [1.82, 2.24) is 15.2 Å². The molecule has 0 unspecified atom stereocenters. The van der Waals surface area contributed by atoms with E-state index in [9.17, 15) is 4.79 Å². The highest BCUT2D eigenvalue weighted by Crippen LogP contribution is 2.07. The predicted octanol–water partition coefficient (Wildman–Crippen LogP) is 1.30. The number of aryl methyl sites for hydroxylation is 1. The van der Waals surface area contributed by atoms with E-state index in [2.05, 4.69) is 20.5 Å². The summed E-state index contributed by atoms with van der Waals surface area (Å²) in [5.74, 6) is 0.126. The van der Waals surface area contributed by atoms with Crippen LogP contribution in [-0.4, -0.2) is 28.2 Å². The fourth-order valence-electron chi connectivity index (χ4n) is 1.46. The fourth-order valence-corrected chi connectivity index (χ4v) is 1.46. The van der Waals surface area contributed by atoms with Gasteiger partial charge in [0, 0.05) is 0 Å². The Morgan fingerprint density at radius 3 is 2.72 bits per heavy atom. The first kappa shape index (κ1) is 12.1. The minimum atomic E-state index is -0.155. The van der Waals surface area contributed by atoms with E-state index >= 15 is 0 Å². The molecule has 1 heterocycles. The molecule has 6 nitrogen and oxygen atoms in total. The summed E-state index contributed by atoms with van der Waals surface area (Å²) in [6.45, 7) is 2.00. The monoisotopic (exact) mass is 246 g/mol. The van der Waals surface area contributed by atoms with Gasteiger partial charge < -0.3 is 4.74 Å². The fraction of sp³-hybridized carbons (Fsp3) is 0.250. The molecule has 0 saturated carbocycles. The van der Waals surface area contributed by atoms with Crippen molar-refractivity contribution in [2.24, 2.45) is 0 Å². The van der Waals surface area contributed by atoms with E-state index < -0.39 is 0 Å². The first-order valence-corrected chi connectivity index (χ1v) is 5.49. The minimum Gasteiger partial charge on any atom is -0.466 e. The average molecular weight is 246 g/mol. The quantitative estimate of drug-likeness (QED) is 0.852. The number of ether oxygens (including phenoxy) is 1. The van der Waals surface area contributed by atoms with Crippen molar-refractivity contribution in [3.05, 3.63) is 35.4 Å². The maximum Gasteiger partial charge on any atom is 0.336 e. The number of hydrogen-bond donors (Lipinski definition) is 2. The van der Waals surface area contributed by atoms with Crippen molar-refractivity contribution in [2.45, 2.75) is 13.3 Å². The maximum absolute atomic E-state index is 11.7. The number of anilines is 1. The zero-order valence-electron chi connectivity index (χ0n) is 10.2. The minimum absolute atomic E-state index is 0.155. The van der Waals surface area contributed by atoms with E-state index in [0.717, 1.165) is 5.56 Å². The lowest BCUT2D eigenvalue weighted by atomic mass is 10.1. The van der Waals surface area contributed by atoms with Crippen molar-refractivity contribution >= 4 is 11.9 Å². The van der Waals surface area contributed by atoms with Crippen LogP contribution in [0.3, 0.4) is 0 Å². The lowest BCUT2D eigenvalue weighted by molar-refractivity contribution is -0.115. The van der Waals surface area contributed by atoms with Crippen LogP contribution < -0.4 is 10.1 Å². The van der Waals surface area contributed by atoms with Gasteiger partial charge in [0.15, 0.2) is 0 Å². The molecule has 0 aliphatic heterocycles. The number of methoxy groups -OCH3 is 1. The molecule has 94 valence electrons. The van der Waals surface area contributed by atoms with E-state index in [1.165, 1.54) is 12.7 Å². The molecule has 1 amide bonds. The standard InChI is InChI=1S/C12H14N4O2/c1-8-3-5-9(6-4-8)7-10(17)13-11-14-12(18-2)16-15-11/h3-6H,7H2,1-2H3,(H2,13,14,15,16,17). The number of carbonyl (C=O) groups is 1. The molecule has 2 aromatic rings. The van der Waals surface area contributed by atoms with Gasteiger partial charge in [-0.05, 0) is 12.5 Å². The van der Waals surface area contributed by atoms with Gasteiger partial charge in [-0.25, -0.2) is 5.10 Å². The number of nitrogens with one attached hydrogen (secondary N) is 2. The molecule has 0 bridgehead atoms. The van der Waals surface area contributed by atoms with E-state index in [-0.39, 0.29) is 17.9 Å². The van der Waals surface area contributed by atoms with Crippen molar-refractivity contribution in [1.29, 1.82) is 0 Å². The van der Waals surface area contributed by atoms with E-state index in [4.69, 9.17) is 4.74 Å². The van der Waals surface area contributed by atoms with Gasteiger partial charge in [-0.15, -0.1) is 5.10 Å². The molecule has 0 aliphatic carbocycles. The van der Waals surface area contributed by atoms with Gasteiger partial charge in [0.05, 0.1) is 13.5 Å². The van der Waals surface area contributed by atoms with Crippen LogP contribution in [0.2, 0.25) is 0 Å². The molecule has 1 aromatic heterocycles. The van der Waals surface area contributed by atoms with Gasteiger partial charge in [-0.2, -0.15) is 4.98 Å². The SMILES string of the molecule is COc1n[nH]c(NC(=O)Cc2ccc(C)cc2)n1. The Morgan fingerprint density at radius 1 is 1.39 bits per heavy atom. The topological polar surface area (TPSA) is 79.9 Å². The van der Waals surface area contributed by atoms with Crippen molar-refractivity contribution in [3.8, 4) is 6.01 Å². The molecule has 1 aromatic carbocycles. The Kier molecular flexibility index (Phi) is 3.57. The lowest BCUT2D eigenvalue weighted by Gasteiger charge is -2.02. The Morgan fingerprint density at radius 2 is 2.11 bits per heavy atom. The zero-order chi connectivity index (χ0) is 13.0. The van der Waals surface area contributed by atoms with E-state index in [1.807, 2.05) is 31.2 Å². The molecule has 0 saturated heterocycles. The van der Waals surface area contributed by atoms with Crippen LogP contribution in [0.5, 0.6) is 6.01 Å². The van der Waals surface area contributed by atoms with E-state index in [1.54, 1.807) is 0 Å². The highest BCUT2D eigenvalue weighted by Gasteiger charge is 2.07. The summed E-state index contributed by atoms with van der Waals surface area (Å²) >= 11 is 0. The Balaban J connectivity index is 1.94. The zero-order valence-corrected chi connectivity index (χ0v) is 10.2. The van der Waals surface area contributed by atoms with Crippen molar-refractivity contribution in [3.63, 3.8) is 0 Å². The number of benzene rings is 1. The molecule has 0 aliphatic rings. The molecular weight excluding hydrogens is 232 g/mol. The van der Waals surface area contributed by atoms with Gasteiger partial charge in [0.2, 0.25) is 11.9 Å². The number of aromatic nitrogens is 3. The van der Waals surface area contributed by atoms with Gasteiger partial charge in [-0.3, -0.25) is 10.1 Å². The number of carbonyl (C=O) groups excluding carboxylic acids is 1. The first-order valence-electron chi connectivity index (χ1n) is 5.49. The molecule has 0 spiro atoms. The van der Waals surface area contributed by atoms with E-state index in [0.29, 0.717) is 6.42 Å². The smallest absolute Gasteiger partial charge is 0.336 e. The molecule has 0 fully saturated rings. The maximum atomic E-state index is 11.7. The summed E-state index contributed by atoms with van der Waals surface area (Å²) < 4.78 is 4.80. The third kappa shape index (κ3) is 3.07. The highest BCUT2D eigenvalue weighted by molar-refractivity contribution is 5.90. The molecule has 18 heavy (non-hydrogen) atoms. The van der Waals surface area contributed by atoms with Gasteiger partial charge >= 0.3 is 6.01 Å². The Hall–Kier alpha value is -2.37. The number of hydrogen-bond acceptors (Lipinski definition) is 4. The molecule has 2 N–H and O–H groups in total. The third-order valence-corrected chi connectivity index (χ3v) is 2.39. The predicted molar refractivity (Wildman–Crippen MR) is 66.4 cm³/mol. The van der Waals surface area contributed by atoms with Crippen molar-refractivity contribution < 1.29 is 9.53 Å². The summed E-state index contributed by atoms with van der Waals surface area (Å²) in [5, 5.41) is 8.91. The van der Waals surface area contributed by atoms with Crippen LogP contribution >= 0.6 is 0 Å². The van der Waals surface area contributed by atoms with Crippen LogP contribution in [-0.2, 0) is 11.2 Å². The van der Waals surface area contributed by atoms with Crippen LogP contribution in [0.25, 0.3) is 0 Å². The number of aromatic amines is 1. The lowest BCUT2D eigenvalue weighted by Crippen LogP contribution is -2.15. The Labute approximate surface area is 104 Å². The highest BCUT2D eigenvalue weighted by atomic mass is 16.5. The summed E-state index contributed by atoms with van der Waals surface area (Å²) in [5.41, 5.74) is 2.11. The third-order valence-electron chi connectivity index (χ3n) is 2.39. The molecule has 0 atom stereocenters. The molecular formula is C12H14N4O2. The summed E-state index contributed by atoms with van der Waals surface area (Å²) in [4.78, 5) is 15.6. The second kappa shape index (κ2) is 5.31. The second-order valence-electron chi connectivity index (χ2n) is 3.88. The second-order valence-corrected chi connectivity index (χ2v) is 3.88. The number of rotatable bonds is 4. The number of nitrogens with zero attached hydrogens (tertiary/aromatic N) is 2. The van der Waals surface area contributed by atoms with Gasteiger partial charge in [0.25, 0.3) is 0 Å². The number of amides is 1. The normalized spacial score (nSPS) is 10.1. The largest absolute Gasteiger partial charge is 0.466 e. The summed E-state index contributed by atoms with van der Waals surface area (Å²) in [7, 11) is 1.46. The van der Waals surface area contributed by atoms with Crippen molar-refractivity contribution in [2.75, 3.05) is 12.4 Å². The van der Waals surface area contributed by atoms with Crippen LogP contribution in [0.1, 0.15) is 11.1 Å². The number of H-pyrrole nitrogens is 1. The van der Waals surface area contributed by atoms with Gasteiger partial charge in [0.1, 0.15) is 0 Å². The average Bonchev–Trinajstić information content (AvgIpc) is 2.79. The van der Waals surface area contributed by atoms with Crippen LogP contribution in [0.15, 0.2) is 24.3 Å². The first-order chi connectivity index (χ1) is 8.67. The van der Waals surface area contributed by atoms with Gasteiger partial charge in [-0.1, -0.05) is 29.8 Å². The van der Waals surface area contributed by atoms with Crippen LogP contribution in [0.4, 0.5) is 5.95 Å². The van der Waals surface area contributed by atoms with Crippen LogP contribution in [0, 0.1) is 6.92 Å². The molecule has 0 radical (unpaired) electrons. The molecule has 6 heteroatoms. The Bertz CT molecular complexity index is 533. The summed E-state index contributed by atoms with van der Waals surface area (Å²) in [6, 6.07) is 7.99. The molecule has 2 rings (SSSR count).